The van der Waals surface area contributed by atoms with Gasteiger partial charge in [-0.1, -0.05) is 96.5 Å². The molecule has 0 saturated heterocycles. The highest BCUT2D eigenvalue weighted by Gasteiger charge is 2.68. The molecule has 0 aliphatic carbocycles. The van der Waals surface area contributed by atoms with Crippen molar-refractivity contribution in [2.45, 2.75) is 25.2 Å². The Balaban J connectivity index is 2.31. The van der Waals surface area contributed by atoms with Gasteiger partial charge in [0, 0.05) is 15.6 Å². The van der Waals surface area contributed by atoms with E-state index in [4.69, 9.17) is 11.6 Å². The Kier molecular flexibility index (Phi) is 6.61. The van der Waals surface area contributed by atoms with Crippen LogP contribution in [0.1, 0.15) is 22.3 Å². The van der Waals surface area contributed by atoms with Crippen molar-refractivity contribution in [2.75, 3.05) is 0 Å². The van der Waals surface area contributed by atoms with Crippen LogP contribution in [0.3, 0.4) is 0 Å². The lowest BCUT2D eigenvalue weighted by atomic mass is 9.87. The van der Waals surface area contributed by atoms with Gasteiger partial charge in [0.05, 0.1) is 0 Å². The van der Waals surface area contributed by atoms with Gasteiger partial charge in [0.25, 0.3) is 0 Å². The van der Waals surface area contributed by atoms with Crippen LogP contribution >= 0.6 is 18.7 Å². The molecule has 0 amide bonds. The minimum absolute atomic E-state index is 0.0619. The highest BCUT2D eigenvalue weighted by Crippen LogP contribution is 2.71. The van der Waals surface area contributed by atoms with Crippen LogP contribution in [-0.2, 0) is 9.72 Å². The third-order valence-electron chi connectivity index (χ3n) is 6.27. The Labute approximate surface area is 207 Å². The second kappa shape index (κ2) is 9.22. The van der Waals surface area contributed by atoms with Crippen LogP contribution in [0.4, 0.5) is 13.2 Å². The number of rotatable bonds is 5. The van der Waals surface area contributed by atoms with Gasteiger partial charge in [0.2, 0.25) is 0 Å². The van der Waals surface area contributed by atoms with E-state index in [2.05, 4.69) is 0 Å². The predicted octanol–water partition coefficient (Wildman–Crippen LogP) is 7.48. The van der Waals surface area contributed by atoms with E-state index < -0.39 is 18.5 Å². The fourth-order valence-electron chi connectivity index (χ4n) is 4.73. The summed E-state index contributed by atoms with van der Waals surface area (Å²) in [4.78, 5) is 0. The van der Waals surface area contributed by atoms with E-state index in [-0.39, 0.29) is 43.6 Å². The quantitative estimate of drug-likeness (QED) is 0.280. The van der Waals surface area contributed by atoms with E-state index in [0.717, 1.165) is 0 Å². The molecular weight excluding hydrogens is 492 g/mol. The number of phenolic OH excluding ortho intramolecular Hbond substituents is 1. The highest BCUT2D eigenvalue weighted by molar-refractivity contribution is 7.80. The molecule has 7 heteroatoms. The maximum Gasteiger partial charge on any atom is 0.409 e. The van der Waals surface area contributed by atoms with E-state index in [9.17, 15) is 5.11 Å². The first-order chi connectivity index (χ1) is 16.5. The highest BCUT2D eigenvalue weighted by atomic mass is 35.5. The molecule has 0 fully saturated rings. The van der Waals surface area contributed by atoms with Gasteiger partial charge in [0.1, 0.15) is 5.75 Å². The summed E-state index contributed by atoms with van der Waals surface area (Å²) in [6, 6.07) is 23.5. The van der Waals surface area contributed by atoms with Gasteiger partial charge in [-0.3, -0.25) is 0 Å². The Morgan fingerprint density at radius 2 is 1.20 bits per heavy atom. The maximum atomic E-state index is 15.8. The number of hydrogen-bond donors (Lipinski definition) is 1. The molecule has 0 aliphatic heterocycles. The summed E-state index contributed by atoms with van der Waals surface area (Å²) in [7, 11) is -4.57. The van der Waals surface area contributed by atoms with E-state index in [1.165, 1.54) is 74.5 Å². The number of benzene rings is 4. The third-order valence-corrected chi connectivity index (χ3v) is 10.3. The number of aryl methyl sites for hydroxylation is 2. The molecule has 1 unspecified atom stereocenters. The molecular formula is C28H23ClF3O2P. The molecule has 4 aromatic rings. The van der Waals surface area contributed by atoms with Crippen molar-refractivity contribution in [3.8, 4) is 5.75 Å². The lowest BCUT2D eigenvalue weighted by molar-refractivity contribution is -0.154. The summed E-state index contributed by atoms with van der Waals surface area (Å²) in [5, 5.41) is 7.61. The van der Waals surface area contributed by atoms with E-state index >= 15 is 17.7 Å². The minimum atomic E-state index is -5.02. The van der Waals surface area contributed by atoms with Gasteiger partial charge in [0.15, 0.2) is 12.3 Å². The molecule has 1 N–H and O–H groups in total. The fourth-order valence-corrected chi connectivity index (χ4v) is 8.53. The number of phenols is 1. The molecule has 0 aromatic heterocycles. The zero-order valence-electron chi connectivity index (χ0n) is 19.1. The summed E-state index contributed by atoms with van der Waals surface area (Å²) in [5.74, 6) is -0.106. The summed E-state index contributed by atoms with van der Waals surface area (Å²) in [5.41, 5.74) is 0.0424. The van der Waals surface area contributed by atoms with Crippen molar-refractivity contribution in [1.29, 1.82) is 0 Å². The summed E-state index contributed by atoms with van der Waals surface area (Å²) in [6.45, 7) is 3.06. The molecule has 0 bridgehead atoms. The van der Waals surface area contributed by atoms with Crippen molar-refractivity contribution in [1.82, 2.24) is 0 Å². The SMILES string of the molecule is Cc1cc(C(c2cccc(Cl)c2)(C(F)(F)F)P(=O)(c2ccccc2)c2ccccc2)cc(C)c1O. The van der Waals surface area contributed by atoms with Crippen molar-refractivity contribution < 1.29 is 22.8 Å². The first-order valence-corrected chi connectivity index (χ1v) is 13.0. The Hall–Kier alpha value is -3.01. The maximum absolute atomic E-state index is 15.8. The van der Waals surface area contributed by atoms with Gasteiger partial charge < -0.3 is 9.67 Å². The molecule has 4 aromatic carbocycles. The zero-order valence-corrected chi connectivity index (χ0v) is 20.7. The van der Waals surface area contributed by atoms with Crippen LogP contribution in [0.2, 0.25) is 5.02 Å². The summed E-state index contributed by atoms with van der Waals surface area (Å²) >= 11 is 6.22. The van der Waals surface area contributed by atoms with E-state index in [1.54, 1.807) is 36.4 Å². The predicted molar refractivity (Wildman–Crippen MR) is 136 cm³/mol. The first kappa shape index (κ1) is 25.1. The van der Waals surface area contributed by atoms with Crippen molar-refractivity contribution in [3.63, 3.8) is 0 Å². The van der Waals surface area contributed by atoms with Gasteiger partial charge in [-0.15, -0.1) is 0 Å². The van der Waals surface area contributed by atoms with Crippen molar-refractivity contribution >= 4 is 29.4 Å². The molecule has 1 atom stereocenters. The lowest BCUT2D eigenvalue weighted by Gasteiger charge is -2.43. The standard InChI is InChI=1S/C28H23ClF3O2P/c1-19-16-22(17-20(2)26(19)33)27(28(30,31)32,21-10-9-11-23(29)18-21)35(34,24-12-5-3-6-13-24)25-14-7-4-8-15-25/h3-18,33H,1-2H3. The van der Waals surface area contributed by atoms with Crippen LogP contribution in [0, 0.1) is 13.8 Å². The van der Waals surface area contributed by atoms with Gasteiger partial charge in [-0.05, 0) is 48.2 Å². The van der Waals surface area contributed by atoms with Crippen LogP contribution < -0.4 is 10.6 Å². The third kappa shape index (κ3) is 3.97. The number of alkyl halides is 3. The molecule has 0 saturated carbocycles. The number of halogens is 4. The zero-order chi connectivity index (χ0) is 25.4. The van der Waals surface area contributed by atoms with Crippen LogP contribution in [0.15, 0.2) is 97.1 Å². The Morgan fingerprint density at radius 1 is 0.714 bits per heavy atom. The molecule has 35 heavy (non-hydrogen) atoms. The van der Waals surface area contributed by atoms with Crippen molar-refractivity contribution in [2.24, 2.45) is 0 Å². The lowest BCUT2D eigenvalue weighted by Crippen LogP contribution is -2.48. The number of aromatic hydroxyl groups is 1. The van der Waals surface area contributed by atoms with Gasteiger partial charge in [-0.25, -0.2) is 0 Å². The average molecular weight is 515 g/mol. The molecule has 0 radical (unpaired) electrons. The summed E-state index contributed by atoms with van der Waals surface area (Å²) in [6.07, 6.45) is -5.02. The van der Waals surface area contributed by atoms with Crippen LogP contribution in [-0.4, -0.2) is 11.3 Å². The Bertz CT molecular complexity index is 1340. The Morgan fingerprint density at radius 3 is 1.63 bits per heavy atom. The summed E-state index contributed by atoms with van der Waals surface area (Å²) < 4.78 is 63.0. The minimum Gasteiger partial charge on any atom is -0.507 e. The second-order valence-corrected chi connectivity index (χ2v) is 11.8. The van der Waals surface area contributed by atoms with Gasteiger partial charge >= 0.3 is 6.18 Å². The molecule has 180 valence electrons. The fraction of sp³-hybridized carbons (Fsp3) is 0.143. The topological polar surface area (TPSA) is 37.3 Å². The molecule has 2 nitrogen and oxygen atoms in total. The second-order valence-electron chi connectivity index (χ2n) is 8.46. The van der Waals surface area contributed by atoms with Crippen LogP contribution in [0.5, 0.6) is 5.75 Å². The first-order valence-electron chi connectivity index (χ1n) is 10.9. The van der Waals surface area contributed by atoms with E-state index in [0.29, 0.717) is 0 Å². The number of hydrogen-bond acceptors (Lipinski definition) is 2. The molecule has 0 spiro atoms. The van der Waals surface area contributed by atoms with Gasteiger partial charge in [-0.2, -0.15) is 13.2 Å². The van der Waals surface area contributed by atoms with Crippen molar-refractivity contribution in [3.05, 3.63) is 124 Å². The largest absolute Gasteiger partial charge is 0.507 e. The van der Waals surface area contributed by atoms with Crippen LogP contribution in [0.25, 0.3) is 0 Å². The monoisotopic (exact) mass is 514 g/mol. The van der Waals surface area contributed by atoms with E-state index in [1.807, 2.05) is 0 Å². The molecule has 0 heterocycles. The normalized spacial score (nSPS) is 13.9. The average Bonchev–Trinajstić information content (AvgIpc) is 2.83. The smallest absolute Gasteiger partial charge is 0.409 e. The molecule has 0 aliphatic rings. The molecule has 4 rings (SSSR count).